The third-order valence-corrected chi connectivity index (χ3v) is 7.21. The van der Waals surface area contributed by atoms with Gasteiger partial charge in [0.05, 0.1) is 16.8 Å². The van der Waals surface area contributed by atoms with Crippen molar-refractivity contribution in [2.45, 2.75) is 23.9 Å². The summed E-state index contributed by atoms with van der Waals surface area (Å²) in [5.74, 6) is 0.300. The number of likely N-dealkylation sites (N-methyl/N-ethyl adjacent to an activating group) is 1. The molecule has 0 atom stereocenters. The van der Waals surface area contributed by atoms with Crippen LogP contribution in [0.1, 0.15) is 13.8 Å². The van der Waals surface area contributed by atoms with Crippen LogP contribution in [0.4, 0.5) is 9.52 Å². The van der Waals surface area contributed by atoms with Crippen molar-refractivity contribution < 1.29 is 13.9 Å². The van der Waals surface area contributed by atoms with E-state index in [0.29, 0.717) is 40.7 Å². The molecule has 2 aromatic carbocycles. The molecule has 12 heteroatoms. The molecule has 0 aliphatic rings. The van der Waals surface area contributed by atoms with E-state index in [1.54, 1.807) is 33.7 Å². The van der Waals surface area contributed by atoms with E-state index in [0.717, 1.165) is 15.1 Å². The predicted octanol–water partition coefficient (Wildman–Crippen LogP) is 5.10. The van der Waals surface area contributed by atoms with Crippen LogP contribution in [-0.4, -0.2) is 55.2 Å². The molecule has 36 heavy (non-hydrogen) atoms. The maximum Gasteiger partial charge on any atom is 0.241 e. The molecule has 0 saturated heterocycles. The predicted molar refractivity (Wildman–Crippen MR) is 137 cm³/mol. The molecule has 0 unspecified atom stereocenters. The molecule has 1 N–H and O–H groups in total. The number of hydrogen-bond acceptors (Lipinski definition) is 9. The standard InChI is InChI=1S/C24H22FN7O2S2/c1-3-31(4-2)22(33)14-26-23-27-18-9-8-17(13-19(18)36-23)35-24-29-28-20-10-11-21(30-32(20)24)34-16-7-5-6-15(25)12-16/h5-13H,3-4,14H2,1-2H3,(H,26,27). The number of fused-ring (bicyclic) bond motifs is 2. The number of carbonyl (C=O) groups is 1. The van der Waals surface area contributed by atoms with Gasteiger partial charge in [-0.05, 0) is 62.0 Å². The molecule has 0 radical (unpaired) electrons. The number of nitrogens with zero attached hydrogens (tertiary/aromatic N) is 6. The highest BCUT2D eigenvalue weighted by atomic mass is 32.2. The summed E-state index contributed by atoms with van der Waals surface area (Å²) in [5.41, 5.74) is 1.41. The maximum atomic E-state index is 13.5. The average molecular weight is 524 g/mol. The van der Waals surface area contributed by atoms with Crippen LogP contribution in [0.3, 0.4) is 0 Å². The van der Waals surface area contributed by atoms with E-state index in [1.807, 2.05) is 32.0 Å². The highest BCUT2D eigenvalue weighted by molar-refractivity contribution is 7.99. The zero-order chi connectivity index (χ0) is 25.1. The van der Waals surface area contributed by atoms with Gasteiger partial charge < -0.3 is 15.0 Å². The van der Waals surface area contributed by atoms with E-state index in [4.69, 9.17) is 4.74 Å². The van der Waals surface area contributed by atoms with Gasteiger partial charge in [-0.2, -0.15) is 4.52 Å². The minimum atomic E-state index is -0.388. The van der Waals surface area contributed by atoms with Gasteiger partial charge >= 0.3 is 0 Å². The number of halogens is 1. The van der Waals surface area contributed by atoms with Crippen molar-refractivity contribution in [1.82, 2.24) is 29.7 Å². The number of amides is 1. The molecule has 0 aliphatic carbocycles. The van der Waals surface area contributed by atoms with Crippen molar-refractivity contribution in [2.75, 3.05) is 25.0 Å². The van der Waals surface area contributed by atoms with Gasteiger partial charge in [0, 0.05) is 30.1 Å². The lowest BCUT2D eigenvalue weighted by Gasteiger charge is -2.18. The summed E-state index contributed by atoms with van der Waals surface area (Å²) in [7, 11) is 0. The van der Waals surface area contributed by atoms with Crippen LogP contribution >= 0.6 is 23.1 Å². The smallest absolute Gasteiger partial charge is 0.241 e. The zero-order valence-electron chi connectivity index (χ0n) is 19.5. The minimum absolute atomic E-state index is 0.0439. The minimum Gasteiger partial charge on any atom is -0.437 e. The molecule has 0 fully saturated rings. The zero-order valence-corrected chi connectivity index (χ0v) is 21.1. The lowest BCUT2D eigenvalue weighted by Crippen LogP contribution is -2.35. The molecule has 9 nitrogen and oxygen atoms in total. The number of anilines is 1. The largest absolute Gasteiger partial charge is 0.437 e. The number of hydrogen-bond donors (Lipinski definition) is 1. The fraction of sp³-hybridized carbons (Fsp3) is 0.208. The van der Waals surface area contributed by atoms with Gasteiger partial charge in [-0.3, -0.25) is 4.79 Å². The SMILES string of the molecule is CCN(CC)C(=O)CNc1nc2ccc(Sc3nnc4ccc(Oc5cccc(F)c5)nn34)cc2s1. The van der Waals surface area contributed by atoms with Crippen molar-refractivity contribution in [3.05, 3.63) is 60.4 Å². The first-order valence-electron chi connectivity index (χ1n) is 11.3. The number of thiazole rings is 1. The van der Waals surface area contributed by atoms with E-state index >= 15 is 0 Å². The first-order chi connectivity index (χ1) is 17.5. The van der Waals surface area contributed by atoms with Crippen molar-refractivity contribution >= 4 is 50.0 Å². The molecule has 184 valence electrons. The van der Waals surface area contributed by atoms with Gasteiger partial charge in [0.15, 0.2) is 10.8 Å². The molecule has 1 amide bonds. The second-order valence-corrected chi connectivity index (χ2v) is 9.73. The average Bonchev–Trinajstić information content (AvgIpc) is 3.47. The van der Waals surface area contributed by atoms with Gasteiger partial charge in [-0.1, -0.05) is 17.4 Å². The molecule has 0 aliphatic heterocycles. The summed E-state index contributed by atoms with van der Waals surface area (Å²) in [5, 5.41) is 17.3. The van der Waals surface area contributed by atoms with Crippen LogP contribution in [0.5, 0.6) is 11.6 Å². The van der Waals surface area contributed by atoms with Crippen LogP contribution in [0.15, 0.2) is 64.6 Å². The summed E-state index contributed by atoms with van der Waals surface area (Å²) in [6.07, 6.45) is 0. The van der Waals surface area contributed by atoms with E-state index in [1.165, 1.54) is 35.2 Å². The summed E-state index contributed by atoms with van der Waals surface area (Å²) in [6, 6.07) is 15.2. The Morgan fingerprint density at radius 3 is 2.81 bits per heavy atom. The highest BCUT2D eigenvalue weighted by Gasteiger charge is 2.14. The van der Waals surface area contributed by atoms with Gasteiger partial charge in [0.25, 0.3) is 0 Å². The van der Waals surface area contributed by atoms with Gasteiger partial charge in [0.2, 0.25) is 16.9 Å². The fourth-order valence-corrected chi connectivity index (χ4v) is 5.31. The van der Waals surface area contributed by atoms with Crippen LogP contribution in [0.2, 0.25) is 0 Å². The van der Waals surface area contributed by atoms with E-state index in [9.17, 15) is 9.18 Å². The Hall–Kier alpha value is -3.77. The van der Waals surface area contributed by atoms with Gasteiger partial charge in [0.1, 0.15) is 11.6 Å². The van der Waals surface area contributed by atoms with Gasteiger partial charge in [-0.25, -0.2) is 9.37 Å². The van der Waals surface area contributed by atoms with Crippen molar-refractivity contribution in [2.24, 2.45) is 0 Å². The second kappa shape index (κ2) is 10.5. The molecule has 0 bridgehead atoms. The number of ether oxygens (including phenoxy) is 1. The molecule has 5 rings (SSSR count). The fourth-order valence-electron chi connectivity index (χ4n) is 3.51. The highest BCUT2D eigenvalue weighted by Crippen LogP contribution is 2.33. The molecule has 5 aromatic rings. The lowest BCUT2D eigenvalue weighted by molar-refractivity contribution is -0.128. The quantitative estimate of drug-likeness (QED) is 0.285. The normalized spacial score (nSPS) is 11.2. The molecular weight excluding hydrogens is 501 g/mol. The Labute approximate surface area is 214 Å². The Bertz CT molecular complexity index is 1530. The van der Waals surface area contributed by atoms with Crippen LogP contribution < -0.4 is 10.1 Å². The van der Waals surface area contributed by atoms with Crippen LogP contribution in [0.25, 0.3) is 15.9 Å². The monoisotopic (exact) mass is 523 g/mol. The number of nitrogens with one attached hydrogen (secondary N) is 1. The van der Waals surface area contributed by atoms with Crippen LogP contribution in [0, 0.1) is 5.82 Å². The summed E-state index contributed by atoms with van der Waals surface area (Å²) >= 11 is 2.89. The topological polar surface area (TPSA) is 97.5 Å². The molecule has 0 saturated carbocycles. The number of benzene rings is 2. The Morgan fingerprint density at radius 2 is 2.00 bits per heavy atom. The van der Waals surface area contributed by atoms with E-state index in [-0.39, 0.29) is 18.3 Å². The molecule has 3 heterocycles. The van der Waals surface area contributed by atoms with Gasteiger partial charge in [-0.15, -0.1) is 15.3 Å². The van der Waals surface area contributed by atoms with Crippen molar-refractivity contribution in [3.8, 4) is 11.6 Å². The van der Waals surface area contributed by atoms with E-state index < -0.39 is 0 Å². The summed E-state index contributed by atoms with van der Waals surface area (Å²) in [4.78, 5) is 19.6. The Balaban J connectivity index is 1.32. The third-order valence-electron chi connectivity index (χ3n) is 5.30. The first kappa shape index (κ1) is 23.9. The maximum absolute atomic E-state index is 13.5. The summed E-state index contributed by atoms with van der Waals surface area (Å²) in [6.45, 7) is 5.50. The van der Waals surface area contributed by atoms with Crippen LogP contribution in [-0.2, 0) is 4.79 Å². The Kier molecular flexibility index (Phi) is 6.96. The number of aromatic nitrogens is 5. The number of rotatable bonds is 9. The second-order valence-electron chi connectivity index (χ2n) is 7.65. The number of carbonyl (C=O) groups excluding carboxylic acids is 1. The molecule has 3 aromatic heterocycles. The third kappa shape index (κ3) is 5.24. The van der Waals surface area contributed by atoms with Crippen molar-refractivity contribution in [3.63, 3.8) is 0 Å². The summed E-state index contributed by atoms with van der Waals surface area (Å²) < 4.78 is 21.7. The van der Waals surface area contributed by atoms with E-state index in [2.05, 4.69) is 25.6 Å². The Morgan fingerprint density at radius 1 is 1.14 bits per heavy atom. The lowest BCUT2D eigenvalue weighted by atomic mass is 10.3. The van der Waals surface area contributed by atoms with Crippen molar-refractivity contribution in [1.29, 1.82) is 0 Å². The molecular formula is C24H22FN7O2S2. The molecule has 0 spiro atoms. The first-order valence-corrected chi connectivity index (χ1v) is 12.9.